The molecular formula is C3H6MnN6O6+2. The van der Waals surface area contributed by atoms with E-state index in [-0.39, 0.29) is 17.1 Å². The zero-order valence-electron chi connectivity index (χ0n) is 7.63. The predicted octanol–water partition coefficient (Wildman–Crippen LogP) is -1.65. The molecule has 89 valence electrons. The van der Waals surface area contributed by atoms with Crippen molar-refractivity contribution >= 4 is 0 Å². The largest absolute Gasteiger partial charge is 2.00 e. The van der Waals surface area contributed by atoms with Crippen LogP contribution in [-0.4, -0.2) is 50.1 Å². The first kappa shape index (κ1) is 14.1. The average molecular weight is 277 g/mol. The Morgan fingerprint density at radius 3 is 1.00 bits per heavy atom. The van der Waals surface area contributed by atoms with E-state index in [1.54, 1.807) is 0 Å². The number of nitrogens with zero attached hydrogens (tertiary/aromatic N) is 6. The second-order valence-corrected chi connectivity index (χ2v) is 2.66. The van der Waals surface area contributed by atoms with Gasteiger partial charge in [0.15, 0.2) is 15.1 Å². The zero-order chi connectivity index (χ0) is 11.6. The molecule has 0 unspecified atom stereocenters. The molecule has 0 N–H and O–H groups in total. The number of hydrazine groups is 3. The van der Waals surface area contributed by atoms with Gasteiger partial charge in [0.25, 0.3) is 0 Å². The molecule has 0 aromatic rings. The molecule has 1 aliphatic heterocycles. The van der Waals surface area contributed by atoms with Crippen LogP contribution in [0.3, 0.4) is 0 Å². The van der Waals surface area contributed by atoms with Crippen molar-refractivity contribution < 1.29 is 32.2 Å². The minimum absolute atomic E-state index is 0. The van der Waals surface area contributed by atoms with Gasteiger partial charge in [-0.3, -0.25) is 0 Å². The van der Waals surface area contributed by atoms with E-state index < -0.39 is 35.1 Å². The molecule has 1 rings (SSSR count). The van der Waals surface area contributed by atoms with Gasteiger partial charge in [-0.05, 0) is 0 Å². The molecule has 0 atom stereocenters. The second-order valence-electron chi connectivity index (χ2n) is 2.66. The van der Waals surface area contributed by atoms with Crippen molar-refractivity contribution in [2.75, 3.05) is 20.0 Å². The van der Waals surface area contributed by atoms with Gasteiger partial charge in [-0.2, -0.15) is 0 Å². The van der Waals surface area contributed by atoms with Crippen molar-refractivity contribution in [3.8, 4) is 0 Å². The first-order chi connectivity index (χ1) is 6.91. The topological polar surface area (TPSA) is 139 Å². The van der Waals surface area contributed by atoms with Crippen LogP contribution >= 0.6 is 0 Å². The van der Waals surface area contributed by atoms with Gasteiger partial charge < -0.3 is 0 Å². The maximum Gasteiger partial charge on any atom is 2.00 e. The SMILES string of the molecule is O=[N+]([O-])N1CN([N+](=O)[O-])CN([N+](=O)[O-])C1.[Mn+2]. The molecule has 13 heteroatoms. The van der Waals surface area contributed by atoms with Crippen LogP contribution in [0.25, 0.3) is 0 Å². The van der Waals surface area contributed by atoms with Crippen LogP contribution in [0.2, 0.25) is 0 Å². The van der Waals surface area contributed by atoms with Gasteiger partial charge in [-0.15, -0.1) is 0 Å². The van der Waals surface area contributed by atoms with Gasteiger partial charge in [-0.25, -0.2) is 30.3 Å². The van der Waals surface area contributed by atoms with E-state index in [9.17, 15) is 30.3 Å². The van der Waals surface area contributed by atoms with Gasteiger partial charge in [0.1, 0.15) is 0 Å². The molecule has 0 bridgehead atoms. The van der Waals surface area contributed by atoms with Gasteiger partial charge in [-0.1, -0.05) is 15.0 Å². The molecule has 0 aliphatic carbocycles. The molecular weight excluding hydrogens is 271 g/mol. The van der Waals surface area contributed by atoms with Crippen LogP contribution in [0.4, 0.5) is 0 Å². The van der Waals surface area contributed by atoms with Crippen molar-refractivity contribution in [2.24, 2.45) is 0 Å². The van der Waals surface area contributed by atoms with Crippen molar-refractivity contribution in [1.82, 2.24) is 15.0 Å². The third-order valence-electron chi connectivity index (χ3n) is 1.67. The monoisotopic (exact) mass is 277 g/mol. The van der Waals surface area contributed by atoms with E-state index in [2.05, 4.69) is 0 Å². The van der Waals surface area contributed by atoms with E-state index in [0.717, 1.165) is 0 Å². The fourth-order valence-corrected chi connectivity index (χ4v) is 1.01. The summed E-state index contributed by atoms with van der Waals surface area (Å²) in [6.45, 7) is -1.78. The van der Waals surface area contributed by atoms with Gasteiger partial charge in [0.2, 0.25) is 20.0 Å². The molecule has 1 aliphatic rings. The predicted molar refractivity (Wildman–Crippen MR) is 41.1 cm³/mol. The van der Waals surface area contributed by atoms with Crippen molar-refractivity contribution in [2.45, 2.75) is 0 Å². The normalized spacial score (nSPS) is 15.4. The maximum absolute atomic E-state index is 10.3. The summed E-state index contributed by atoms with van der Waals surface area (Å²) >= 11 is 0. The van der Waals surface area contributed by atoms with E-state index in [1.807, 2.05) is 0 Å². The number of rotatable bonds is 3. The number of hydrogen-bond acceptors (Lipinski definition) is 6. The Kier molecular flexibility index (Phi) is 4.65. The third kappa shape index (κ3) is 3.06. The smallest absolute Gasteiger partial charge is 0.235 e. The fraction of sp³-hybridized carbons (Fsp3) is 1.00. The molecule has 0 aromatic carbocycles. The van der Waals surface area contributed by atoms with Crippen LogP contribution in [0, 0.1) is 30.3 Å². The van der Waals surface area contributed by atoms with Gasteiger partial charge in [0.05, 0.1) is 0 Å². The molecule has 0 spiro atoms. The zero-order valence-corrected chi connectivity index (χ0v) is 8.81. The van der Waals surface area contributed by atoms with Crippen LogP contribution in [0.15, 0.2) is 0 Å². The first-order valence-corrected chi connectivity index (χ1v) is 3.59. The maximum atomic E-state index is 10.3. The molecule has 1 saturated heterocycles. The van der Waals surface area contributed by atoms with Crippen LogP contribution in [0.5, 0.6) is 0 Å². The Morgan fingerprint density at radius 1 is 0.688 bits per heavy atom. The van der Waals surface area contributed by atoms with Gasteiger partial charge in [0, 0.05) is 0 Å². The summed E-state index contributed by atoms with van der Waals surface area (Å²) in [4.78, 5) is 31.0. The molecule has 0 aromatic heterocycles. The molecule has 12 nitrogen and oxygen atoms in total. The molecule has 1 radical (unpaired) electrons. The van der Waals surface area contributed by atoms with Crippen LogP contribution in [0.1, 0.15) is 0 Å². The van der Waals surface area contributed by atoms with E-state index in [0.29, 0.717) is 15.0 Å². The van der Waals surface area contributed by atoms with Crippen LogP contribution < -0.4 is 0 Å². The van der Waals surface area contributed by atoms with Crippen LogP contribution in [-0.2, 0) is 17.1 Å². The minimum atomic E-state index is -0.924. The molecule has 0 amide bonds. The van der Waals surface area contributed by atoms with E-state index >= 15 is 0 Å². The second kappa shape index (κ2) is 5.27. The summed E-state index contributed by atoms with van der Waals surface area (Å²) in [6, 6.07) is 0. The van der Waals surface area contributed by atoms with Crippen molar-refractivity contribution in [3.63, 3.8) is 0 Å². The van der Waals surface area contributed by atoms with E-state index in [1.165, 1.54) is 0 Å². The van der Waals surface area contributed by atoms with Crippen molar-refractivity contribution in [3.05, 3.63) is 30.3 Å². The summed E-state index contributed by atoms with van der Waals surface area (Å²) in [5.74, 6) is 0. The quantitative estimate of drug-likeness (QED) is 0.337. The summed E-state index contributed by atoms with van der Waals surface area (Å²) < 4.78 is 0. The Morgan fingerprint density at radius 2 is 0.875 bits per heavy atom. The Bertz CT molecular complexity index is 257. The molecule has 16 heavy (non-hydrogen) atoms. The molecule has 1 heterocycles. The molecule has 0 saturated carbocycles. The Labute approximate surface area is 98.2 Å². The number of hydrogen-bond donors (Lipinski definition) is 0. The van der Waals surface area contributed by atoms with Crippen molar-refractivity contribution in [1.29, 1.82) is 0 Å². The Hall–Kier alpha value is -1.88. The standard InChI is InChI=1S/C3H6N6O6.Mn/c10-7(11)4-1-5(8(12)13)3-6(2-4)9(14)15;/h1-3H2;/q;+2. The third-order valence-corrected chi connectivity index (χ3v) is 1.67. The summed E-state index contributed by atoms with van der Waals surface area (Å²) in [5, 5.41) is 29.3. The minimum Gasteiger partial charge on any atom is -0.235 e. The number of nitro groups is 3. The van der Waals surface area contributed by atoms with Gasteiger partial charge >= 0.3 is 17.1 Å². The molecule has 1 fully saturated rings. The first-order valence-electron chi connectivity index (χ1n) is 3.59. The summed E-state index contributed by atoms with van der Waals surface area (Å²) in [7, 11) is 0. The summed E-state index contributed by atoms with van der Waals surface area (Å²) in [6.07, 6.45) is 0. The fourth-order valence-electron chi connectivity index (χ4n) is 1.01. The summed E-state index contributed by atoms with van der Waals surface area (Å²) in [5.41, 5.74) is 0. The van der Waals surface area contributed by atoms with E-state index in [4.69, 9.17) is 0 Å². The Balaban J connectivity index is 0.00000225. The average Bonchev–Trinajstić information content (AvgIpc) is 2.16.